The Kier molecular flexibility index (Phi) is 7.03. The molecule has 1 saturated heterocycles. The van der Waals surface area contributed by atoms with Crippen LogP contribution in [0.15, 0.2) is 42.5 Å². The maximum Gasteiger partial charge on any atom is 0.508 e. The summed E-state index contributed by atoms with van der Waals surface area (Å²) in [5, 5.41) is 0.695. The van der Waals surface area contributed by atoms with Crippen LogP contribution in [0.2, 0.25) is 5.02 Å². The first-order valence-corrected chi connectivity index (χ1v) is 11.5. The molecule has 0 radical (unpaired) electrons. The van der Waals surface area contributed by atoms with Crippen LogP contribution in [0.1, 0.15) is 55.6 Å². The third kappa shape index (κ3) is 4.83. The SMILES string of the molecule is CCCCCCOC(=O)OCC1C2c3ccccc3Oc3ccc(Cl)cc3C2CN1C. The van der Waals surface area contributed by atoms with Crippen molar-refractivity contribution in [2.75, 3.05) is 26.8 Å². The van der Waals surface area contributed by atoms with Gasteiger partial charge in [0, 0.05) is 34.5 Å². The van der Waals surface area contributed by atoms with Crippen molar-refractivity contribution < 1.29 is 19.0 Å². The van der Waals surface area contributed by atoms with E-state index in [1.807, 2.05) is 36.4 Å². The third-order valence-corrected chi connectivity index (χ3v) is 6.59. The molecular formula is C25H30ClNO4. The first kappa shape index (κ1) is 22.0. The number of fused-ring (bicyclic) bond motifs is 5. The molecule has 2 aromatic carbocycles. The Morgan fingerprint density at radius 2 is 1.90 bits per heavy atom. The van der Waals surface area contributed by atoms with Gasteiger partial charge in [-0.3, -0.25) is 4.90 Å². The number of carbonyl (C=O) groups is 1. The summed E-state index contributed by atoms with van der Waals surface area (Å²) in [6.45, 7) is 3.67. The van der Waals surface area contributed by atoms with Gasteiger partial charge in [-0.05, 0) is 37.7 Å². The minimum Gasteiger partial charge on any atom is -0.457 e. The summed E-state index contributed by atoms with van der Waals surface area (Å²) < 4.78 is 17.1. The number of nitrogens with zero attached hydrogens (tertiary/aromatic N) is 1. The fraction of sp³-hybridized carbons (Fsp3) is 0.480. The second-order valence-electron chi connectivity index (χ2n) is 8.43. The van der Waals surface area contributed by atoms with Crippen LogP contribution in [0, 0.1) is 0 Å². The molecule has 0 amide bonds. The summed E-state index contributed by atoms with van der Waals surface area (Å²) in [5.41, 5.74) is 2.23. The van der Waals surface area contributed by atoms with Gasteiger partial charge < -0.3 is 14.2 Å². The molecule has 2 heterocycles. The number of hydrogen-bond acceptors (Lipinski definition) is 5. The number of benzene rings is 2. The van der Waals surface area contributed by atoms with Crippen molar-refractivity contribution >= 4 is 17.8 Å². The number of hydrogen-bond donors (Lipinski definition) is 0. The normalized spacial score (nSPS) is 22.0. The number of unbranched alkanes of at least 4 members (excludes halogenated alkanes) is 3. The standard InChI is InChI=1S/C25H30ClNO4/c1-3-4-5-8-13-29-25(28)30-16-21-24-18-9-6-7-10-22(18)31-23-12-11-17(26)14-19(23)20(24)15-27(21)2/h6-7,9-12,14,20-21,24H,3-5,8,13,15-16H2,1-2H3. The summed E-state index contributed by atoms with van der Waals surface area (Å²) >= 11 is 6.33. The fourth-order valence-corrected chi connectivity index (χ4v) is 4.98. The van der Waals surface area contributed by atoms with Gasteiger partial charge in [-0.2, -0.15) is 0 Å². The van der Waals surface area contributed by atoms with E-state index in [-0.39, 0.29) is 24.5 Å². The highest BCUT2D eigenvalue weighted by atomic mass is 35.5. The molecule has 2 aromatic rings. The zero-order chi connectivity index (χ0) is 21.8. The molecule has 0 aliphatic carbocycles. The first-order chi connectivity index (χ1) is 15.1. The minimum absolute atomic E-state index is 0.0207. The highest BCUT2D eigenvalue weighted by Gasteiger charge is 2.45. The van der Waals surface area contributed by atoms with Gasteiger partial charge in [0.1, 0.15) is 18.1 Å². The van der Waals surface area contributed by atoms with Crippen molar-refractivity contribution in [1.82, 2.24) is 4.90 Å². The maximum atomic E-state index is 12.2. The fourth-order valence-electron chi connectivity index (χ4n) is 4.80. The zero-order valence-corrected chi connectivity index (χ0v) is 18.9. The van der Waals surface area contributed by atoms with Gasteiger partial charge >= 0.3 is 6.16 Å². The molecular weight excluding hydrogens is 414 g/mol. The highest BCUT2D eigenvalue weighted by molar-refractivity contribution is 6.30. The number of carbonyl (C=O) groups excluding carboxylic acids is 1. The van der Waals surface area contributed by atoms with E-state index in [9.17, 15) is 4.79 Å². The Hall–Kier alpha value is -2.24. The molecule has 6 heteroatoms. The van der Waals surface area contributed by atoms with Crippen LogP contribution in [0.5, 0.6) is 11.5 Å². The van der Waals surface area contributed by atoms with Gasteiger partial charge in [-0.1, -0.05) is 56.0 Å². The van der Waals surface area contributed by atoms with E-state index in [1.165, 1.54) is 0 Å². The van der Waals surface area contributed by atoms with Crippen LogP contribution in [0.3, 0.4) is 0 Å². The molecule has 0 spiro atoms. The van der Waals surface area contributed by atoms with Crippen LogP contribution in [0.4, 0.5) is 4.79 Å². The van der Waals surface area contributed by atoms with E-state index in [1.54, 1.807) is 0 Å². The highest BCUT2D eigenvalue weighted by Crippen LogP contribution is 2.52. The van der Waals surface area contributed by atoms with E-state index in [2.05, 4.69) is 24.9 Å². The lowest BCUT2D eigenvalue weighted by Crippen LogP contribution is -2.34. The summed E-state index contributed by atoms with van der Waals surface area (Å²) in [6.07, 6.45) is 3.66. The second-order valence-corrected chi connectivity index (χ2v) is 8.87. The summed E-state index contributed by atoms with van der Waals surface area (Å²) in [7, 11) is 2.08. The van der Waals surface area contributed by atoms with E-state index in [0.29, 0.717) is 11.6 Å². The second kappa shape index (κ2) is 9.92. The first-order valence-electron chi connectivity index (χ1n) is 11.1. The summed E-state index contributed by atoms with van der Waals surface area (Å²) in [4.78, 5) is 14.4. The monoisotopic (exact) mass is 443 g/mol. The van der Waals surface area contributed by atoms with E-state index >= 15 is 0 Å². The molecule has 166 valence electrons. The lowest BCUT2D eigenvalue weighted by atomic mass is 9.80. The number of likely N-dealkylation sites (tertiary alicyclic amines) is 1. The van der Waals surface area contributed by atoms with Crippen LogP contribution in [-0.2, 0) is 9.47 Å². The van der Waals surface area contributed by atoms with Gasteiger partial charge in [0.2, 0.25) is 0 Å². The number of para-hydroxylation sites is 1. The van der Waals surface area contributed by atoms with Gasteiger partial charge in [-0.15, -0.1) is 0 Å². The molecule has 0 saturated carbocycles. The molecule has 5 nitrogen and oxygen atoms in total. The van der Waals surface area contributed by atoms with E-state index < -0.39 is 6.16 Å². The molecule has 3 unspecified atom stereocenters. The van der Waals surface area contributed by atoms with Crippen LogP contribution in [-0.4, -0.2) is 43.9 Å². The number of ether oxygens (including phenoxy) is 3. The third-order valence-electron chi connectivity index (χ3n) is 6.36. The molecule has 0 aromatic heterocycles. The van der Waals surface area contributed by atoms with Crippen molar-refractivity contribution in [3.05, 3.63) is 58.6 Å². The molecule has 0 N–H and O–H groups in total. The molecule has 2 aliphatic rings. The average molecular weight is 444 g/mol. The Labute approximate surface area is 189 Å². The van der Waals surface area contributed by atoms with E-state index in [4.69, 9.17) is 25.8 Å². The predicted octanol–water partition coefficient (Wildman–Crippen LogP) is 6.36. The van der Waals surface area contributed by atoms with Gasteiger partial charge in [0.05, 0.1) is 12.6 Å². The number of halogens is 1. The zero-order valence-electron chi connectivity index (χ0n) is 18.2. The van der Waals surface area contributed by atoms with Gasteiger partial charge in [-0.25, -0.2) is 4.79 Å². The van der Waals surface area contributed by atoms with Crippen molar-refractivity contribution in [3.8, 4) is 11.5 Å². The maximum absolute atomic E-state index is 12.2. The molecule has 2 aliphatic heterocycles. The van der Waals surface area contributed by atoms with Gasteiger partial charge in [0.15, 0.2) is 0 Å². The van der Waals surface area contributed by atoms with Crippen LogP contribution < -0.4 is 4.74 Å². The Bertz CT molecular complexity index is 918. The molecule has 4 rings (SSSR count). The van der Waals surface area contributed by atoms with Crippen molar-refractivity contribution in [2.45, 2.75) is 50.5 Å². The minimum atomic E-state index is -0.588. The van der Waals surface area contributed by atoms with Crippen molar-refractivity contribution in [1.29, 1.82) is 0 Å². The Balaban J connectivity index is 1.51. The topological polar surface area (TPSA) is 48.0 Å². The average Bonchev–Trinajstić information content (AvgIpc) is 3.02. The number of likely N-dealkylation sites (N-methyl/N-ethyl adjacent to an activating group) is 1. The van der Waals surface area contributed by atoms with Crippen molar-refractivity contribution in [3.63, 3.8) is 0 Å². The lowest BCUT2D eigenvalue weighted by molar-refractivity contribution is 0.0378. The quantitative estimate of drug-likeness (QED) is 0.368. The Morgan fingerprint density at radius 3 is 2.74 bits per heavy atom. The molecule has 0 bridgehead atoms. The largest absolute Gasteiger partial charge is 0.508 e. The van der Waals surface area contributed by atoms with Crippen LogP contribution in [0.25, 0.3) is 0 Å². The smallest absolute Gasteiger partial charge is 0.457 e. The molecule has 1 fully saturated rings. The molecule has 3 atom stereocenters. The molecule has 31 heavy (non-hydrogen) atoms. The van der Waals surface area contributed by atoms with Gasteiger partial charge in [0.25, 0.3) is 0 Å². The summed E-state index contributed by atoms with van der Waals surface area (Å²) in [6, 6.07) is 13.9. The summed E-state index contributed by atoms with van der Waals surface area (Å²) in [5.74, 6) is 2.00. The predicted molar refractivity (Wildman–Crippen MR) is 121 cm³/mol. The van der Waals surface area contributed by atoms with E-state index in [0.717, 1.165) is 54.9 Å². The number of rotatable bonds is 7. The van der Waals surface area contributed by atoms with Crippen molar-refractivity contribution in [2.24, 2.45) is 0 Å². The Morgan fingerprint density at radius 1 is 1.10 bits per heavy atom. The van der Waals surface area contributed by atoms with Crippen LogP contribution >= 0.6 is 11.6 Å². The lowest BCUT2D eigenvalue weighted by Gasteiger charge is -2.26.